The van der Waals surface area contributed by atoms with E-state index in [-0.39, 0.29) is 5.91 Å². The molecule has 0 aromatic heterocycles. The minimum absolute atomic E-state index is 0.110. The largest absolute Gasteiger partial charge is 0.338 e. The lowest BCUT2D eigenvalue weighted by molar-refractivity contribution is 0.0670. The van der Waals surface area contributed by atoms with E-state index >= 15 is 0 Å². The van der Waals surface area contributed by atoms with Crippen LogP contribution < -0.4 is 0 Å². The van der Waals surface area contributed by atoms with Gasteiger partial charge in [-0.15, -0.1) is 11.6 Å². The first-order valence-electron chi connectivity index (χ1n) is 6.42. The average Bonchev–Trinajstić information content (AvgIpc) is 2.39. The van der Waals surface area contributed by atoms with Crippen molar-refractivity contribution in [3.8, 4) is 0 Å². The van der Waals surface area contributed by atoms with Gasteiger partial charge in [0, 0.05) is 27.9 Å². The van der Waals surface area contributed by atoms with E-state index in [1.807, 2.05) is 23.1 Å². The predicted molar refractivity (Wildman–Crippen MR) is 85.8 cm³/mol. The summed E-state index contributed by atoms with van der Waals surface area (Å²) in [4.78, 5) is 14.5. The number of nitrogens with zero attached hydrogens (tertiary/aromatic N) is 1. The van der Waals surface area contributed by atoms with Crippen molar-refractivity contribution in [2.75, 3.05) is 19.0 Å². The third-order valence-corrected chi connectivity index (χ3v) is 4.85. The Kier molecular flexibility index (Phi) is 5.72. The van der Waals surface area contributed by atoms with Crippen LogP contribution in [0.2, 0.25) is 0 Å². The second-order valence-corrected chi connectivity index (χ2v) is 7.01. The number of benzene rings is 1. The quantitative estimate of drug-likeness (QED) is 0.663. The number of carbonyl (C=O) groups is 1. The van der Waals surface area contributed by atoms with Crippen LogP contribution in [0.4, 0.5) is 0 Å². The third-order valence-electron chi connectivity index (χ3n) is 3.49. The van der Waals surface area contributed by atoms with E-state index in [0.29, 0.717) is 11.8 Å². The van der Waals surface area contributed by atoms with E-state index in [9.17, 15) is 4.79 Å². The fourth-order valence-electron chi connectivity index (χ4n) is 2.47. The standard InChI is InChI=1S/C14H16Br2ClNO/c15-11-3-4-12(13(16)8-11)14(19)18-7-1-2-10(9-18)5-6-17/h3-4,8,10H,1-2,5-7,9H2. The summed E-state index contributed by atoms with van der Waals surface area (Å²) in [6, 6.07) is 5.67. The second-order valence-electron chi connectivity index (χ2n) is 4.86. The molecular formula is C14H16Br2ClNO. The van der Waals surface area contributed by atoms with Crippen LogP contribution in [-0.2, 0) is 0 Å². The molecule has 0 saturated carbocycles. The Morgan fingerprint density at radius 1 is 1.42 bits per heavy atom. The molecule has 1 saturated heterocycles. The SMILES string of the molecule is O=C(c1ccc(Br)cc1Br)N1CCCC(CCCl)C1. The average molecular weight is 410 g/mol. The predicted octanol–water partition coefficient (Wildman–Crippen LogP) is 4.69. The molecule has 1 aliphatic rings. The van der Waals surface area contributed by atoms with Gasteiger partial charge >= 0.3 is 0 Å². The summed E-state index contributed by atoms with van der Waals surface area (Å²) in [7, 11) is 0. The zero-order valence-corrected chi connectivity index (χ0v) is 14.5. The molecule has 1 aliphatic heterocycles. The first-order chi connectivity index (χ1) is 9.11. The van der Waals surface area contributed by atoms with E-state index in [1.165, 1.54) is 6.42 Å². The highest BCUT2D eigenvalue weighted by molar-refractivity contribution is 9.11. The number of rotatable bonds is 3. The lowest BCUT2D eigenvalue weighted by Crippen LogP contribution is -2.40. The first kappa shape index (κ1) is 15.3. The summed E-state index contributed by atoms with van der Waals surface area (Å²) in [5.41, 5.74) is 0.731. The van der Waals surface area contributed by atoms with Crippen molar-refractivity contribution >= 4 is 49.4 Å². The maximum absolute atomic E-state index is 12.5. The molecule has 1 heterocycles. The number of piperidine rings is 1. The third kappa shape index (κ3) is 3.96. The molecule has 5 heteroatoms. The summed E-state index contributed by atoms with van der Waals surface area (Å²) in [6.07, 6.45) is 3.24. The van der Waals surface area contributed by atoms with Crippen molar-refractivity contribution in [2.24, 2.45) is 5.92 Å². The number of halogens is 3. The molecule has 1 unspecified atom stereocenters. The minimum Gasteiger partial charge on any atom is -0.338 e. The molecule has 0 N–H and O–H groups in total. The monoisotopic (exact) mass is 407 g/mol. The summed E-state index contributed by atoms with van der Waals surface area (Å²) >= 11 is 12.7. The molecular weight excluding hydrogens is 393 g/mol. The fraction of sp³-hybridized carbons (Fsp3) is 0.500. The number of hydrogen-bond donors (Lipinski definition) is 0. The van der Waals surface area contributed by atoms with Gasteiger partial charge in [-0.3, -0.25) is 4.79 Å². The van der Waals surface area contributed by atoms with Crippen molar-refractivity contribution in [3.63, 3.8) is 0 Å². The van der Waals surface area contributed by atoms with E-state index in [0.717, 1.165) is 40.4 Å². The Morgan fingerprint density at radius 3 is 2.89 bits per heavy atom. The van der Waals surface area contributed by atoms with Gasteiger partial charge in [0.1, 0.15) is 0 Å². The van der Waals surface area contributed by atoms with Crippen LogP contribution in [0.3, 0.4) is 0 Å². The van der Waals surface area contributed by atoms with Crippen molar-refractivity contribution < 1.29 is 4.79 Å². The lowest BCUT2D eigenvalue weighted by Gasteiger charge is -2.32. The van der Waals surface area contributed by atoms with E-state index in [2.05, 4.69) is 31.9 Å². The van der Waals surface area contributed by atoms with E-state index in [4.69, 9.17) is 11.6 Å². The zero-order valence-electron chi connectivity index (χ0n) is 10.5. The molecule has 1 amide bonds. The molecule has 2 rings (SSSR count). The van der Waals surface area contributed by atoms with Gasteiger partial charge in [0.2, 0.25) is 0 Å². The van der Waals surface area contributed by atoms with Gasteiger partial charge in [-0.25, -0.2) is 0 Å². The summed E-state index contributed by atoms with van der Waals surface area (Å²) in [5, 5.41) is 0. The van der Waals surface area contributed by atoms with Gasteiger partial charge in [0.05, 0.1) is 5.56 Å². The first-order valence-corrected chi connectivity index (χ1v) is 8.54. The van der Waals surface area contributed by atoms with Crippen LogP contribution in [-0.4, -0.2) is 29.8 Å². The smallest absolute Gasteiger partial charge is 0.255 e. The minimum atomic E-state index is 0.110. The summed E-state index contributed by atoms with van der Waals surface area (Å²) in [5.74, 6) is 1.33. The van der Waals surface area contributed by atoms with Gasteiger partial charge in [-0.05, 0) is 59.3 Å². The molecule has 0 aliphatic carbocycles. The summed E-state index contributed by atoms with van der Waals surface area (Å²) in [6.45, 7) is 1.67. The number of carbonyl (C=O) groups excluding carboxylic acids is 1. The Labute approximate surface area is 135 Å². The van der Waals surface area contributed by atoms with Gasteiger partial charge in [0.25, 0.3) is 5.91 Å². The molecule has 2 nitrogen and oxygen atoms in total. The Balaban J connectivity index is 2.10. The highest BCUT2D eigenvalue weighted by Crippen LogP contribution is 2.26. The Morgan fingerprint density at radius 2 is 2.21 bits per heavy atom. The van der Waals surface area contributed by atoms with E-state index < -0.39 is 0 Å². The van der Waals surface area contributed by atoms with Crippen molar-refractivity contribution in [1.29, 1.82) is 0 Å². The van der Waals surface area contributed by atoms with E-state index in [1.54, 1.807) is 0 Å². The van der Waals surface area contributed by atoms with Crippen LogP contribution in [0.1, 0.15) is 29.6 Å². The van der Waals surface area contributed by atoms with Crippen LogP contribution in [0.15, 0.2) is 27.1 Å². The normalized spacial score (nSPS) is 19.5. The fourth-order valence-corrected chi connectivity index (χ4v) is 4.00. The Bertz CT molecular complexity index is 465. The van der Waals surface area contributed by atoms with Crippen LogP contribution in [0.25, 0.3) is 0 Å². The van der Waals surface area contributed by atoms with Crippen molar-refractivity contribution in [1.82, 2.24) is 4.90 Å². The lowest BCUT2D eigenvalue weighted by atomic mass is 9.95. The molecule has 1 aromatic carbocycles. The maximum atomic E-state index is 12.5. The van der Waals surface area contributed by atoms with Gasteiger partial charge in [-0.2, -0.15) is 0 Å². The van der Waals surface area contributed by atoms with Crippen LogP contribution >= 0.6 is 43.5 Å². The topological polar surface area (TPSA) is 20.3 Å². The van der Waals surface area contributed by atoms with Gasteiger partial charge in [0.15, 0.2) is 0 Å². The van der Waals surface area contributed by atoms with Gasteiger partial charge < -0.3 is 4.90 Å². The number of alkyl halides is 1. The highest BCUT2D eigenvalue weighted by Gasteiger charge is 2.25. The molecule has 0 radical (unpaired) electrons. The van der Waals surface area contributed by atoms with Crippen LogP contribution in [0.5, 0.6) is 0 Å². The molecule has 19 heavy (non-hydrogen) atoms. The highest BCUT2D eigenvalue weighted by atomic mass is 79.9. The number of amides is 1. The molecule has 1 aromatic rings. The Hall–Kier alpha value is -0.0600. The van der Waals surface area contributed by atoms with Crippen LogP contribution in [0, 0.1) is 5.92 Å². The number of likely N-dealkylation sites (tertiary alicyclic amines) is 1. The second kappa shape index (κ2) is 7.09. The molecule has 1 atom stereocenters. The zero-order chi connectivity index (χ0) is 13.8. The summed E-state index contributed by atoms with van der Waals surface area (Å²) < 4.78 is 1.81. The van der Waals surface area contributed by atoms with Crippen molar-refractivity contribution in [3.05, 3.63) is 32.7 Å². The molecule has 104 valence electrons. The molecule has 0 spiro atoms. The molecule has 0 bridgehead atoms. The molecule has 1 fully saturated rings. The number of hydrogen-bond acceptors (Lipinski definition) is 1. The van der Waals surface area contributed by atoms with Crippen molar-refractivity contribution in [2.45, 2.75) is 19.3 Å². The van der Waals surface area contributed by atoms with Gasteiger partial charge in [-0.1, -0.05) is 15.9 Å². The maximum Gasteiger partial charge on any atom is 0.255 e.